The van der Waals surface area contributed by atoms with Crippen LogP contribution >= 0.6 is 0 Å². The lowest BCUT2D eigenvalue weighted by atomic mass is 10.0. The predicted molar refractivity (Wildman–Crippen MR) is 76.1 cm³/mol. The quantitative estimate of drug-likeness (QED) is 0.920. The van der Waals surface area contributed by atoms with Crippen LogP contribution in [0.2, 0.25) is 0 Å². The molecule has 1 fully saturated rings. The minimum atomic E-state index is -3.13. The summed E-state index contributed by atoms with van der Waals surface area (Å²) in [5.74, 6) is 0.576. The lowest BCUT2D eigenvalue weighted by Gasteiger charge is -2.23. The van der Waals surface area contributed by atoms with Gasteiger partial charge in [-0.3, -0.25) is 0 Å². The van der Waals surface area contributed by atoms with Gasteiger partial charge in [-0.1, -0.05) is 12.1 Å². The van der Waals surface area contributed by atoms with E-state index < -0.39 is 9.84 Å². The van der Waals surface area contributed by atoms with Crippen molar-refractivity contribution in [1.82, 2.24) is 5.32 Å². The molecule has 0 spiro atoms. The molecule has 1 heterocycles. The summed E-state index contributed by atoms with van der Waals surface area (Å²) in [5.41, 5.74) is 2.33. The largest absolute Gasteiger partial charge is 0.316 e. The number of sulfone groups is 1. The van der Waals surface area contributed by atoms with Gasteiger partial charge >= 0.3 is 0 Å². The third-order valence-corrected chi connectivity index (χ3v) is 6.25. The summed E-state index contributed by atoms with van der Waals surface area (Å²) in [7, 11) is -3.13. The van der Waals surface area contributed by atoms with E-state index in [1.807, 2.05) is 6.07 Å². The number of benzene rings is 1. The summed E-state index contributed by atoms with van der Waals surface area (Å²) in [4.78, 5) is 0.605. The summed E-state index contributed by atoms with van der Waals surface area (Å²) in [6, 6.07) is 5.77. The Hall–Kier alpha value is -0.870. The summed E-state index contributed by atoms with van der Waals surface area (Å²) >= 11 is 0. The first-order valence-electron chi connectivity index (χ1n) is 7.21. The smallest absolute Gasteiger partial charge is 0.178 e. The molecule has 0 radical (unpaired) electrons. The third-order valence-electron chi connectivity index (χ3n) is 4.29. The molecule has 0 bridgehead atoms. The van der Waals surface area contributed by atoms with Crippen molar-refractivity contribution in [3.8, 4) is 0 Å². The van der Waals surface area contributed by atoms with E-state index in [1.54, 1.807) is 6.07 Å². The van der Waals surface area contributed by atoms with Gasteiger partial charge in [0.05, 0.1) is 10.6 Å². The minimum Gasteiger partial charge on any atom is -0.316 e. The van der Waals surface area contributed by atoms with Crippen molar-refractivity contribution in [1.29, 1.82) is 0 Å². The Kier molecular flexibility index (Phi) is 3.63. The molecular formula is C15H21NO2S. The van der Waals surface area contributed by atoms with Gasteiger partial charge < -0.3 is 5.32 Å². The zero-order valence-electron chi connectivity index (χ0n) is 11.2. The SMILES string of the molecule is O=S(=O)(CC1CCCNC1)c1cccc2c1CCC2. The van der Waals surface area contributed by atoms with Crippen LogP contribution in [0.15, 0.2) is 23.1 Å². The molecule has 1 atom stereocenters. The third kappa shape index (κ3) is 2.70. The van der Waals surface area contributed by atoms with Gasteiger partial charge in [0.25, 0.3) is 0 Å². The van der Waals surface area contributed by atoms with Crippen molar-refractivity contribution in [3.63, 3.8) is 0 Å². The number of hydrogen-bond acceptors (Lipinski definition) is 3. The van der Waals surface area contributed by atoms with Crippen molar-refractivity contribution in [2.75, 3.05) is 18.8 Å². The van der Waals surface area contributed by atoms with E-state index in [1.165, 1.54) is 5.56 Å². The number of hydrogen-bond donors (Lipinski definition) is 1. The molecule has 1 saturated heterocycles. The topological polar surface area (TPSA) is 46.2 Å². The number of piperidine rings is 1. The van der Waals surface area contributed by atoms with Gasteiger partial charge in [-0.05, 0) is 68.3 Å². The molecule has 1 aromatic rings. The zero-order valence-corrected chi connectivity index (χ0v) is 12.0. The molecule has 1 unspecified atom stereocenters. The number of fused-ring (bicyclic) bond motifs is 1. The van der Waals surface area contributed by atoms with Gasteiger partial charge in [-0.15, -0.1) is 0 Å². The summed E-state index contributed by atoms with van der Waals surface area (Å²) < 4.78 is 25.3. The highest BCUT2D eigenvalue weighted by Crippen LogP contribution is 2.30. The van der Waals surface area contributed by atoms with Crippen LogP contribution < -0.4 is 5.32 Å². The maximum absolute atomic E-state index is 12.6. The minimum absolute atomic E-state index is 0.274. The van der Waals surface area contributed by atoms with Crippen LogP contribution in [0.3, 0.4) is 0 Å². The Morgan fingerprint density at radius 2 is 2.11 bits per heavy atom. The van der Waals surface area contributed by atoms with Crippen LogP contribution in [0.25, 0.3) is 0 Å². The standard InChI is InChI=1S/C15H21NO2S/c17-19(18,11-12-4-3-9-16-10-12)15-8-2-6-13-5-1-7-14(13)15/h2,6,8,12,16H,1,3-5,7,9-11H2. The molecule has 1 aromatic carbocycles. The Labute approximate surface area is 115 Å². The van der Waals surface area contributed by atoms with Crippen molar-refractivity contribution in [2.24, 2.45) is 5.92 Å². The summed E-state index contributed by atoms with van der Waals surface area (Å²) in [6.45, 7) is 1.87. The Balaban J connectivity index is 1.86. The first-order chi connectivity index (χ1) is 9.17. The van der Waals surface area contributed by atoms with Crippen LogP contribution in [0, 0.1) is 5.92 Å². The molecule has 104 valence electrons. The van der Waals surface area contributed by atoms with Crippen LogP contribution in [-0.4, -0.2) is 27.3 Å². The fourth-order valence-corrected chi connectivity index (χ4v) is 5.32. The highest BCUT2D eigenvalue weighted by atomic mass is 32.2. The Bertz CT molecular complexity index is 560. The maximum atomic E-state index is 12.6. The average Bonchev–Trinajstić information content (AvgIpc) is 2.87. The van der Waals surface area contributed by atoms with Gasteiger partial charge in [-0.2, -0.15) is 0 Å². The summed E-state index contributed by atoms with van der Waals surface area (Å²) in [6.07, 6.45) is 5.17. The van der Waals surface area contributed by atoms with Crippen LogP contribution in [0.4, 0.5) is 0 Å². The van der Waals surface area contributed by atoms with Crippen LogP contribution in [-0.2, 0) is 22.7 Å². The number of rotatable bonds is 3. The first kappa shape index (κ1) is 13.1. The van der Waals surface area contributed by atoms with Gasteiger partial charge in [0.15, 0.2) is 9.84 Å². The normalized spacial score (nSPS) is 23.3. The van der Waals surface area contributed by atoms with E-state index in [-0.39, 0.29) is 5.92 Å². The second-order valence-electron chi connectivity index (χ2n) is 5.74. The van der Waals surface area contributed by atoms with Crippen molar-refractivity contribution in [2.45, 2.75) is 37.0 Å². The number of nitrogens with one attached hydrogen (secondary N) is 1. The van der Waals surface area contributed by atoms with Crippen molar-refractivity contribution in [3.05, 3.63) is 29.3 Å². The van der Waals surface area contributed by atoms with E-state index in [2.05, 4.69) is 11.4 Å². The van der Waals surface area contributed by atoms with Gasteiger partial charge in [-0.25, -0.2) is 8.42 Å². The van der Waals surface area contributed by atoms with Crippen LogP contribution in [0.1, 0.15) is 30.4 Å². The van der Waals surface area contributed by atoms with E-state index in [4.69, 9.17) is 0 Å². The molecule has 0 saturated carbocycles. The molecule has 3 nitrogen and oxygen atoms in total. The molecule has 1 aliphatic heterocycles. The Morgan fingerprint density at radius 3 is 2.89 bits per heavy atom. The molecular weight excluding hydrogens is 258 g/mol. The van der Waals surface area contributed by atoms with E-state index in [0.29, 0.717) is 10.6 Å². The maximum Gasteiger partial charge on any atom is 0.178 e. The number of aryl methyl sites for hydroxylation is 1. The lowest BCUT2D eigenvalue weighted by Crippen LogP contribution is -2.34. The molecule has 19 heavy (non-hydrogen) atoms. The van der Waals surface area contributed by atoms with E-state index >= 15 is 0 Å². The molecule has 0 aromatic heterocycles. The molecule has 0 amide bonds. The second kappa shape index (κ2) is 5.25. The summed E-state index contributed by atoms with van der Waals surface area (Å²) in [5, 5.41) is 3.30. The molecule has 2 aliphatic rings. The molecule has 1 aliphatic carbocycles. The molecule has 4 heteroatoms. The van der Waals surface area contributed by atoms with Crippen molar-refractivity contribution < 1.29 is 8.42 Å². The average molecular weight is 279 g/mol. The van der Waals surface area contributed by atoms with Gasteiger partial charge in [0.1, 0.15) is 0 Å². The van der Waals surface area contributed by atoms with Gasteiger partial charge in [0.2, 0.25) is 0 Å². The van der Waals surface area contributed by atoms with Crippen LogP contribution in [0.5, 0.6) is 0 Å². The molecule has 1 N–H and O–H groups in total. The fourth-order valence-electron chi connectivity index (χ4n) is 3.34. The zero-order chi connectivity index (χ0) is 13.3. The fraction of sp³-hybridized carbons (Fsp3) is 0.600. The second-order valence-corrected chi connectivity index (χ2v) is 7.74. The first-order valence-corrected chi connectivity index (χ1v) is 8.86. The van der Waals surface area contributed by atoms with E-state index in [0.717, 1.165) is 50.8 Å². The lowest BCUT2D eigenvalue weighted by molar-refractivity contribution is 0.404. The molecule has 3 rings (SSSR count). The van der Waals surface area contributed by atoms with Crippen molar-refractivity contribution >= 4 is 9.84 Å². The van der Waals surface area contributed by atoms with Gasteiger partial charge in [0, 0.05) is 0 Å². The highest BCUT2D eigenvalue weighted by Gasteiger charge is 2.27. The predicted octanol–water partition coefficient (Wildman–Crippen LogP) is 1.95. The monoisotopic (exact) mass is 279 g/mol. The highest BCUT2D eigenvalue weighted by molar-refractivity contribution is 7.91. The Morgan fingerprint density at radius 1 is 1.21 bits per heavy atom. The van der Waals surface area contributed by atoms with E-state index in [9.17, 15) is 8.42 Å².